The molecule has 0 saturated heterocycles. The molecule has 2 rings (SSSR count). The number of rotatable bonds is 6. The Labute approximate surface area is 128 Å². The molecule has 0 aromatic carbocycles. The van der Waals surface area contributed by atoms with Gasteiger partial charge in [-0.3, -0.25) is 4.98 Å². The lowest BCUT2D eigenvalue weighted by molar-refractivity contribution is 0.216. The molecule has 112 valence electrons. The van der Waals surface area contributed by atoms with Gasteiger partial charge < -0.3 is 5.32 Å². The van der Waals surface area contributed by atoms with Gasteiger partial charge in [0.15, 0.2) is 0 Å². The van der Waals surface area contributed by atoms with E-state index >= 15 is 0 Å². The molecule has 2 nitrogen and oxygen atoms in total. The molecule has 0 spiro atoms. The van der Waals surface area contributed by atoms with Crippen molar-refractivity contribution in [1.82, 2.24) is 10.3 Å². The summed E-state index contributed by atoms with van der Waals surface area (Å²) in [5.41, 5.74) is 1.16. The molecule has 3 heteroatoms. The molecule has 0 amide bonds. The average Bonchev–Trinajstić information content (AvgIpc) is 2.50. The number of aromatic nitrogens is 1. The monoisotopic (exact) mass is 294 g/mol. The third-order valence-electron chi connectivity index (χ3n) is 4.62. The van der Waals surface area contributed by atoms with E-state index in [-0.39, 0.29) is 0 Å². The second-order valence-corrected chi connectivity index (χ2v) is 6.46. The van der Waals surface area contributed by atoms with E-state index < -0.39 is 0 Å². The first-order valence-electron chi connectivity index (χ1n) is 8.09. The van der Waals surface area contributed by atoms with Gasteiger partial charge in [-0.15, -0.1) is 0 Å². The molecule has 1 atom stereocenters. The van der Waals surface area contributed by atoms with Crippen LogP contribution < -0.4 is 5.32 Å². The Hall–Kier alpha value is -0.600. The zero-order chi connectivity index (χ0) is 14.4. The zero-order valence-electron chi connectivity index (χ0n) is 12.7. The van der Waals surface area contributed by atoms with Crippen LogP contribution in [0.5, 0.6) is 0 Å². The maximum Gasteiger partial charge on any atom is 0.0589 e. The fraction of sp³-hybridized carbons (Fsp3) is 0.706. The molecule has 1 saturated carbocycles. The number of nitrogens with zero attached hydrogens (tertiary/aromatic N) is 1. The van der Waals surface area contributed by atoms with Crippen molar-refractivity contribution in [2.24, 2.45) is 11.8 Å². The number of hydrogen-bond acceptors (Lipinski definition) is 2. The maximum absolute atomic E-state index is 5.96. The molecule has 1 fully saturated rings. The predicted molar refractivity (Wildman–Crippen MR) is 86.0 cm³/mol. The van der Waals surface area contributed by atoms with E-state index in [1.807, 2.05) is 6.07 Å². The minimum absolute atomic E-state index is 0.394. The first-order chi connectivity index (χ1) is 9.74. The summed E-state index contributed by atoms with van der Waals surface area (Å²) in [7, 11) is 0. The van der Waals surface area contributed by atoms with Gasteiger partial charge in [0.05, 0.1) is 16.8 Å². The van der Waals surface area contributed by atoms with Gasteiger partial charge in [0.25, 0.3) is 0 Å². The number of halogens is 1. The summed E-state index contributed by atoms with van der Waals surface area (Å²) < 4.78 is 0. The minimum Gasteiger partial charge on any atom is -0.308 e. The van der Waals surface area contributed by atoms with E-state index in [1.54, 1.807) is 6.20 Å². The maximum atomic E-state index is 5.96. The third-order valence-corrected chi connectivity index (χ3v) is 4.85. The van der Waals surface area contributed by atoms with Crippen molar-refractivity contribution in [3.8, 4) is 0 Å². The Kier molecular flexibility index (Phi) is 6.31. The lowest BCUT2D eigenvalue weighted by Crippen LogP contribution is -2.32. The van der Waals surface area contributed by atoms with Gasteiger partial charge in [-0.25, -0.2) is 0 Å². The summed E-state index contributed by atoms with van der Waals surface area (Å²) in [6.07, 6.45) is 9.66. The Morgan fingerprint density at radius 3 is 2.55 bits per heavy atom. The topological polar surface area (TPSA) is 24.9 Å². The van der Waals surface area contributed by atoms with Crippen molar-refractivity contribution < 1.29 is 0 Å². The number of pyridine rings is 1. The van der Waals surface area contributed by atoms with Gasteiger partial charge in [-0.2, -0.15) is 0 Å². The molecule has 0 bridgehead atoms. The first-order valence-corrected chi connectivity index (χ1v) is 8.47. The van der Waals surface area contributed by atoms with Gasteiger partial charge in [0, 0.05) is 6.20 Å². The van der Waals surface area contributed by atoms with Crippen molar-refractivity contribution in [3.63, 3.8) is 0 Å². The van der Waals surface area contributed by atoms with E-state index in [1.165, 1.54) is 32.1 Å². The Morgan fingerprint density at radius 1 is 1.25 bits per heavy atom. The Morgan fingerprint density at radius 2 is 2.00 bits per heavy atom. The molecule has 1 aliphatic carbocycles. The Balaban J connectivity index is 2.05. The van der Waals surface area contributed by atoms with Crippen LogP contribution in [-0.4, -0.2) is 11.5 Å². The fourth-order valence-electron chi connectivity index (χ4n) is 3.31. The van der Waals surface area contributed by atoms with Gasteiger partial charge in [-0.1, -0.05) is 44.7 Å². The predicted octanol–water partition coefficient (Wildman–Crippen LogP) is 4.99. The lowest BCUT2D eigenvalue weighted by Gasteiger charge is -2.34. The zero-order valence-corrected chi connectivity index (χ0v) is 13.5. The van der Waals surface area contributed by atoms with E-state index in [0.29, 0.717) is 6.04 Å². The molecule has 0 aliphatic heterocycles. The fourth-order valence-corrected chi connectivity index (χ4v) is 3.43. The molecule has 0 radical (unpaired) electrons. The molecular formula is C17H27ClN2. The van der Waals surface area contributed by atoms with E-state index in [4.69, 9.17) is 11.6 Å². The van der Waals surface area contributed by atoms with Crippen LogP contribution in [0, 0.1) is 11.8 Å². The van der Waals surface area contributed by atoms with Crippen LogP contribution in [-0.2, 0) is 0 Å². The van der Waals surface area contributed by atoms with Gasteiger partial charge in [0.1, 0.15) is 0 Å². The lowest BCUT2D eigenvalue weighted by atomic mass is 9.76. The number of hydrogen-bond donors (Lipinski definition) is 1. The van der Waals surface area contributed by atoms with Gasteiger partial charge in [0.2, 0.25) is 0 Å². The molecule has 20 heavy (non-hydrogen) atoms. The van der Waals surface area contributed by atoms with E-state index in [0.717, 1.165) is 35.5 Å². The van der Waals surface area contributed by atoms with E-state index in [2.05, 4.69) is 30.2 Å². The molecular weight excluding hydrogens is 268 g/mol. The molecule has 1 aromatic heterocycles. The van der Waals surface area contributed by atoms with Gasteiger partial charge >= 0.3 is 0 Å². The summed E-state index contributed by atoms with van der Waals surface area (Å²) in [4.78, 5) is 4.55. The first kappa shape index (κ1) is 15.8. The second-order valence-electron chi connectivity index (χ2n) is 6.02. The van der Waals surface area contributed by atoms with Crippen molar-refractivity contribution in [3.05, 3.63) is 29.0 Å². The van der Waals surface area contributed by atoms with Crippen molar-refractivity contribution >= 4 is 11.6 Å². The van der Waals surface area contributed by atoms with Crippen LogP contribution in [0.3, 0.4) is 0 Å². The molecule has 1 heterocycles. The van der Waals surface area contributed by atoms with Crippen LogP contribution in [0.4, 0.5) is 0 Å². The summed E-state index contributed by atoms with van der Waals surface area (Å²) in [5.74, 6) is 1.66. The van der Waals surface area contributed by atoms with Crippen molar-refractivity contribution in [2.45, 2.75) is 58.4 Å². The quantitative estimate of drug-likeness (QED) is 0.799. The van der Waals surface area contributed by atoms with Crippen LogP contribution in [0.25, 0.3) is 0 Å². The average molecular weight is 295 g/mol. The third kappa shape index (κ3) is 4.20. The number of nitrogens with one attached hydrogen (secondary N) is 1. The summed E-state index contributed by atoms with van der Waals surface area (Å²) in [5, 5.41) is 4.42. The van der Waals surface area contributed by atoms with Crippen LogP contribution in [0.1, 0.15) is 64.1 Å². The smallest absolute Gasteiger partial charge is 0.0589 e. The second kappa shape index (κ2) is 7.99. The standard InChI is InChI=1S/C17H27ClN2/c1-3-11-19-17(16-10-9-15(18)12-20-16)14-7-5-13(4-2)6-8-14/h9-10,12-14,17,19H,3-8,11H2,1-2H3. The van der Waals surface area contributed by atoms with Crippen LogP contribution in [0.2, 0.25) is 5.02 Å². The largest absolute Gasteiger partial charge is 0.308 e. The van der Waals surface area contributed by atoms with Crippen LogP contribution >= 0.6 is 11.6 Å². The van der Waals surface area contributed by atoms with E-state index in [9.17, 15) is 0 Å². The highest BCUT2D eigenvalue weighted by atomic mass is 35.5. The van der Waals surface area contributed by atoms with Crippen molar-refractivity contribution in [1.29, 1.82) is 0 Å². The molecule has 1 aromatic rings. The van der Waals surface area contributed by atoms with Crippen LogP contribution in [0.15, 0.2) is 18.3 Å². The minimum atomic E-state index is 0.394. The van der Waals surface area contributed by atoms with Crippen molar-refractivity contribution in [2.75, 3.05) is 6.54 Å². The molecule has 1 N–H and O–H groups in total. The highest BCUT2D eigenvalue weighted by Crippen LogP contribution is 2.37. The summed E-state index contributed by atoms with van der Waals surface area (Å²) in [6.45, 7) is 5.59. The SMILES string of the molecule is CCCNC(c1ccc(Cl)cn1)C1CCC(CC)CC1. The normalized spacial score (nSPS) is 24.6. The van der Waals surface area contributed by atoms with Gasteiger partial charge in [-0.05, 0) is 49.8 Å². The highest BCUT2D eigenvalue weighted by molar-refractivity contribution is 6.30. The summed E-state index contributed by atoms with van der Waals surface area (Å²) in [6, 6.07) is 4.44. The molecule has 1 aliphatic rings. The Bertz CT molecular complexity index is 382. The summed E-state index contributed by atoms with van der Waals surface area (Å²) >= 11 is 5.96. The highest BCUT2D eigenvalue weighted by Gasteiger charge is 2.28. The molecule has 1 unspecified atom stereocenters.